The van der Waals surface area contributed by atoms with E-state index in [1.54, 1.807) is 36.4 Å². The molecule has 1 aliphatic heterocycles. The van der Waals surface area contributed by atoms with Gasteiger partial charge < -0.3 is 14.8 Å². The number of halogens is 2. The van der Waals surface area contributed by atoms with Crippen molar-refractivity contribution in [2.45, 2.75) is 0 Å². The van der Waals surface area contributed by atoms with Gasteiger partial charge in [-0.05, 0) is 30.3 Å². The molecule has 21 heavy (non-hydrogen) atoms. The summed E-state index contributed by atoms with van der Waals surface area (Å²) in [7, 11) is 0. The van der Waals surface area contributed by atoms with E-state index in [0.29, 0.717) is 46.0 Å². The third-order valence-electron chi connectivity index (χ3n) is 2.93. The molecule has 1 amide bonds. The van der Waals surface area contributed by atoms with Crippen molar-refractivity contribution in [3.63, 3.8) is 0 Å². The van der Waals surface area contributed by atoms with E-state index in [1.807, 2.05) is 0 Å². The third-order valence-corrected chi connectivity index (χ3v) is 3.37. The average molecular weight is 324 g/mol. The number of rotatable bonds is 2. The molecule has 0 unspecified atom stereocenters. The molecule has 0 bridgehead atoms. The van der Waals surface area contributed by atoms with Crippen molar-refractivity contribution in [3.05, 3.63) is 52.0 Å². The maximum absolute atomic E-state index is 12.4. The molecule has 0 atom stereocenters. The van der Waals surface area contributed by atoms with Crippen LogP contribution in [-0.2, 0) is 0 Å². The molecule has 2 aromatic carbocycles. The van der Waals surface area contributed by atoms with Crippen LogP contribution in [0.5, 0.6) is 11.5 Å². The minimum Gasteiger partial charge on any atom is -0.486 e. The van der Waals surface area contributed by atoms with Crippen LogP contribution < -0.4 is 14.8 Å². The number of fused-ring (bicyclic) bond motifs is 1. The second kappa shape index (κ2) is 5.84. The lowest BCUT2D eigenvalue weighted by atomic mass is 10.1. The Hall–Kier alpha value is -1.91. The molecule has 0 aromatic heterocycles. The zero-order valence-electron chi connectivity index (χ0n) is 10.9. The molecule has 0 saturated carbocycles. The second-order valence-electron chi connectivity index (χ2n) is 4.44. The highest BCUT2D eigenvalue weighted by Crippen LogP contribution is 2.34. The highest BCUT2D eigenvalue weighted by Gasteiger charge is 2.20. The fourth-order valence-corrected chi connectivity index (χ4v) is 2.60. The monoisotopic (exact) mass is 323 g/mol. The van der Waals surface area contributed by atoms with E-state index in [0.717, 1.165) is 0 Å². The normalized spacial score (nSPS) is 12.9. The first-order valence-electron chi connectivity index (χ1n) is 6.29. The number of amides is 1. The van der Waals surface area contributed by atoms with Gasteiger partial charge in [-0.3, -0.25) is 4.79 Å². The first kappa shape index (κ1) is 14.0. The molecule has 0 spiro atoms. The van der Waals surface area contributed by atoms with Crippen molar-refractivity contribution in [1.29, 1.82) is 0 Å². The lowest BCUT2D eigenvalue weighted by Crippen LogP contribution is -2.20. The van der Waals surface area contributed by atoms with Crippen LogP contribution in [0.1, 0.15) is 10.4 Å². The number of para-hydroxylation sites is 1. The van der Waals surface area contributed by atoms with E-state index in [9.17, 15) is 4.79 Å². The van der Waals surface area contributed by atoms with Crippen molar-refractivity contribution in [1.82, 2.24) is 0 Å². The summed E-state index contributed by atoms with van der Waals surface area (Å²) in [5.41, 5.74) is 0.926. The van der Waals surface area contributed by atoms with Gasteiger partial charge in [-0.25, -0.2) is 0 Å². The number of anilines is 1. The van der Waals surface area contributed by atoms with Crippen molar-refractivity contribution < 1.29 is 14.3 Å². The van der Waals surface area contributed by atoms with Gasteiger partial charge in [0.05, 0.1) is 5.56 Å². The Balaban J connectivity index is 1.89. The molecule has 0 aliphatic carbocycles. The predicted molar refractivity (Wildman–Crippen MR) is 81.8 cm³/mol. The van der Waals surface area contributed by atoms with Crippen molar-refractivity contribution in [2.75, 3.05) is 18.5 Å². The summed E-state index contributed by atoms with van der Waals surface area (Å²) in [5, 5.41) is 3.65. The number of carbonyl (C=O) groups is 1. The Morgan fingerprint density at radius 2 is 1.76 bits per heavy atom. The van der Waals surface area contributed by atoms with E-state index in [1.165, 1.54) is 0 Å². The van der Waals surface area contributed by atoms with Gasteiger partial charge in [0.25, 0.3) is 5.91 Å². The Labute approximate surface area is 131 Å². The lowest BCUT2D eigenvalue weighted by Gasteiger charge is -2.20. The van der Waals surface area contributed by atoms with Crippen LogP contribution >= 0.6 is 23.2 Å². The molecule has 1 aliphatic rings. The fraction of sp³-hybridized carbons (Fsp3) is 0.133. The zero-order chi connectivity index (χ0) is 14.8. The van der Waals surface area contributed by atoms with Crippen LogP contribution in [-0.4, -0.2) is 19.1 Å². The van der Waals surface area contributed by atoms with Gasteiger partial charge >= 0.3 is 0 Å². The van der Waals surface area contributed by atoms with E-state index in [4.69, 9.17) is 32.7 Å². The molecular weight excluding hydrogens is 313 g/mol. The van der Waals surface area contributed by atoms with Gasteiger partial charge in [0.2, 0.25) is 0 Å². The Morgan fingerprint density at radius 3 is 2.52 bits per heavy atom. The standard InChI is InChI=1S/C15H11Cl2NO3/c16-9-6-10(17)8-11(7-9)18-15(19)12-2-1-3-13-14(12)21-5-4-20-13/h1-3,6-8H,4-5H2,(H,18,19). The summed E-state index contributed by atoms with van der Waals surface area (Å²) in [6.45, 7) is 0.891. The first-order valence-corrected chi connectivity index (χ1v) is 7.05. The number of hydrogen-bond donors (Lipinski definition) is 1. The minimum absolute atomic E-state index is 0.310. The molecule has 0 saturated heterocycles. The van der Waals surface area contributed by atoms with E-state index in [-0.39, 0.29) is 5.91 Å². The number of benzene rings is 2. The quantitative estimate of drug-likeness (QED) is 0.908. The number of hydrogen-bond acceptors (Lipinski definition) is 3. The molecule has 108 valence electrons. The predicted octanol–water partition coefficient (Wildman–Crippen LogP) is 4.02. The third kappa shape index (κ3) is 3.06. The molecule has 6 heteroatoms. The molecular formula is C15H11Cl2NO3. The van der Waals surface area contributed by atoms with Gasteiger partial charge in [-0.1, -0.05) is 29.3 Å². The van der Waals surface area contributed by atoms with Gasteiger partial charge in [-0.15, -0.1) is 0 Å². The summed E-state index contributed by atoms with van der Waals surface area (Å²) in [4.78, 5) is 12.4. The van der Waals surface area contributed by atoms with Gasteiger partial charge in [0, 0.05) is 15.7 Å². The highest BCUT2D eigenvalue weighted by atomic mass is 35.5. The summed E-state index contributed by atoms with van der Waals surface area (Å²) in [6.07, 6.45) is 0. The number of ether oxygens (including phenoxy) is 2. The minimum atomic E-state index is -0.310. The van der Waals surface area contributed by atoms with Crippen LogP contribution in [0.15, 0.2) is 36.4 Å². The van der Waals surface area contributed by atoms with Crippen LogP contribution in [0.2, 0.25) is 10.0 Å². The Morgan fingerprint density at radius 1 is 1.05 bits per heavy atom. The molecule has 2 aromatic rings. The average Bonchev–Trinajstić information content (AvgIpc) is 2.45. The van der Waals surface area contributed by atoms with E-state index < -0.39 is 0 Å². The summed E-state index contributed by atoms with van der Waals surface area (Å²) in [5.74, 6) is 0.711. The SMILES string of the molecule is O=C(Nc1cc(Cl)cc(Cl)c1)c1cccc2c1OCCO2. The van der Waals surface area contributed by atoms with Crippen LogP contribution in [0.25, 0.3) is 0 Å². The molecule has 3 rings (SSSR count). The Bertz CT molecular complexity index is 683. The van der Waals surface area contributed by atoms with Gasteiger partial charge in [0.15, 0.2) is 11.5 Å². The second-order valence-corrected chi connectivity index (χ2v) is 5.31. The summed E-state index contributed by atoms with van der Waals surface area (Å²) < 4.78 is 11.0. The summed E-state index contributed by atoms with van der Waals surface area (Å²) >= 11 is 11.8. The zero-order valence-corrected chi connectivity index (χ0v) is 12.4. The van der Waals surface area contributed by atoms with Crippen molar-refractivity contribution >= 4 is 34.8 Å². The molecule has 4 nitrogen and oxygen atoms in total. The fourth-order valence-electron chi connectivity index (χ4n) is 2.08. The van der Waals surface area contributed by atoms with Gasteiger partial charge in [0.1, 0.15) is 13.2 Å². The van der Waals surface area contributed by atoms with Gasteiger partial charge in [-0.2, -0.15) is 0 Å². The van der Waals surface area contributed by atoms with Crippen molar-refractivity contribution in [2.24, 2.45) is 0 Å². The van der Waals surface area contributed by atoms with E-state index >= 15 is 0 Å². The van der Waals surface area contributed by atoms with Crippen LogP contribution in [0.4, 0.5) is 5.69 Å². The molecule has 0 radical (unpaired) electrons. The number of carbonyl (C=O) groups excluding carboxylic acids is 1. The Kier molecular flexibility index (Phi) is 3.90. The molecule has 1 heterocycles. The largest absolute Gasteiger partial charge is 0.486 e. The first-order chi connectivity index (χ1) is 10.1. The van der Waals surface area contributed by atoms with Crippen molar-refractivity contribution in [3.8, 4) is 11.5 Å². The lowest BCUT2D eigenvalue weighted by molar-refractivity contribution is 0.101. The maximum atomic E-state index is 12.4. The summed E-state index contributed by atoms with van der Waals surface area (Å²) in [6, 6.07) is 10.0. The molecule has 0 fully saturated rings. The van der Waals surface area contributed by atoms with Crippen LogP contribution in [0.3, 0.4) is 0 Å². The molecule has 1 N–H and O–H groups in total. The maximum Gasteiger partial charge on any atom is 0.259 e. The van der Waals surface area contributed by atoms with Crippen LogP contribution in [0, 0.1) is 0 Å². The number of nitrogens with one attached hydrogen (secondary N) is 1. The highest BCUT2D eigenvalue weighted by molar-refractivity contribution is 6.35. The smallest absolute Gasteiger partial charge is 0.259 e. The topological polar surface area (TPSA) is 47.6 Å². The van der Waals surface area contributed by atoms with E-state index in [2.05, 4.69) is 5.32 Å².